The number of carbonyl (C=O) groups excluding carboxylic acids is 1. The average molecular weight is 336 g/mol. The van der Waals surface area contributed by atoms with E-state index < -0.39 is 0 Å². The molecule has 23 heavy (non-hydrogen) atoms. The van der Waals surface area contributed by atoms with Crippen LogP contribution in [0, 0.1) is 5.82 Å². The average Bonchev–Trinajstić information content (AvgIpc) is 2.75. The topological polar surface area (TPSA) is 38.1 Å². The van der Waals surface area contributed by atoms with Crippen molar-refractivity contribution in [2.45, 2.75) is 31.7 Å². The molecule has 1 saturated heterocycles. The van der Waals surface area contributed by atoms with Gasteiger partial charge in [0, 0.05) is 19.2 Å². The van der Waals surface area contributed by atoms with Crippen molar-refractivity contribution in [3.05, 3.63) is 52.6 Å². The molecule has 1 aliphatic heterocycles. The zero-order valence-electron chi connectivity index (χ0n) is 13.0. The van der Waals surface area contributed by atoms with Crippen molar-refractivity contribution < 1.29 is 9.18 Å². The van der Waals surface area contributed by atoms with Gasteiger partial charge in [-0.05, 0) is 37.1 Å². The number of nitrogens with zero attached hydrogens (tertiary/aromatic N) is 3. The molecular weight excluding hydrogens is 317 g/mol. The van der Waals surface area contributed by atoms with E-state index >= 15 is 0 Å². The van der Waals surface area contributed by atoms with Crippen molar-refractivity contribution in [2.24, 2.45) is 7.05 Å². The Bertz CT molecular complexity index is 679. The van der Waals surface area contributed by atoms with Crippen LogP contribution in [0.3, 0.4) is 0 Å². The van der Waals surface area contributed by atoms with Crippen LogP contribution in [-0.2, 0) is 7.05 Å². The Balaban J connectivity index is 1.96. The number of hydrogen-bond donors (Lipinski definition) is 0. The number of rotatable bonds is 2. The molecule has 0 saturated carbocycles. The predicted molar refractivity (Wildman–Crippen MR) is 86.9 cm³/mol. The third-order valence-electron chi connectivity index (χ3n) is 4.36. The van der Waals surface area contributed by atoms with Gasteiger partial charge < -0.3 is 4.90 Å². The fraction of sp³-hybridized carbons (Fsp3) is 0.412. The number of amides is 1. The first-order valence-electron chi connectivity index (χ1n) is 7.82. The van der Waals surface area contributed by atoms with Crippen LogP contribution in [0.5, 0.6) is 0 Å². The SMILES string of the molecule is Cn1ncc(Cl)c1C1CCCCCN1C(=O)c1ccc(F)cc1. The van der Waals surface area contributed by atoms with Gasteiger partial charge in [-0.1, -0.05) is 24.4 Å². The van der Waals surface area contributed by atoms with Crippen LogP contribution < -0.4 is 0 Å². The number of benzene rings is 1. The lowest BCUT2D eigenvalue weighted by molar-refractivity contribution is 0.0673. The molecule has 1 aromatic carbocycles. The van der Waals surface area contributed by atoms with Crippen LogP contribution in [0.25, 0.3) is 0 Å². The summed E-state index contributed by atoms with van der Waals surface area (Å²) in [5.74, 6) is -0.433. The van der Waals surface area contributed by atoms with Crippen LogP contribution in [0.4, 0.5) is 4.39 Å². The molecule has 2 aromatic rings. The molecule has 1 amide bonds. The van der Waals surface area contributed by atoms with E-state index in [2.05, 4.69) is 5.10 Å². The molecule has 1 atom stereocenters. The van der Waals surface area contributed by atoms with E-state index in [-0.39, 0.29) is 17.8 Å². The molecule has 1 unspecified atom stereocenters. The highest BCUT2D eigenvalue weighted by atomic mass is 35.5. The second kappa shape index (κ2) is 6.71. The minimum atomic E-state index is -0.344. The zero-order chi connectivity index (χ0) is 16.4. The van der Waals surface area contributed by atoms with Crippen LogP contribution >= 0.6 is 11.6 Å². The Kier molecular flexibility index (Phi) is 4.66. The minimum absolute atomic E-state index is 0.0887. The molecule has 0 aliphatic carbocycles. The Morgan fingerprint density at radius 2 is 2.00 bits per heavy atom. The lowest BCUT2D eigenvalue weighted by Crippen LogP contribution is -2.35. The molecule has 122 valence electrons. The summed E-state index contributed by atoms with van der Waals surface area (Å²) in [5, 5.41) is 4.78. The molecule has 0 radical (unpaired) electrons. The second-order valence-corrected chi connectivity index (χ2v) is 6.28. The molecule has 6 heteroatoms. The minimum Gasteiger partial charge on any atom is -0.330 e. The van der Waals surface area contributed by atoms with E-state index in [4.69, 9.17) is 11.6 Å². The van der Waals surface area contributed by atoms with Gasteiger partial charge in [0.2, 0.25) is 0 Å². The fourth-order valence-electron chi connectivity index (χ4n) is 3.19. The second-order valence-electron chi connectivity index (χ2n) is 5.87. The smallest absolute Gasteiger partial charge is 0.254 e. The van der Waals surface area contributed by atoms with E-state index in [9.17, 15) is 9.18 Å². The third-order valence-corrected chi connectivity index (χ3v) is 4.65. The summed E-state index contributed by atoms with van der Waals surface area (Å²) in [5.41, 5.74) is 1.36. The van der Waals surface area contributed by atoms with E-state index in [1.54, 1.807) is 10.9 Å². The standard InChI is InChI=1S/C17H19ClFN3O/c1-21-16(14(18)11-20-21)15-5-3-2-4-10-22(15)17(23)12-6-8-13(19)9-7-12/h6-9,11,15H,2-5,10H2,1H3. The summed E-state index contributed by atoms with van der Waals surface area (Å²) in [6.45, 7) is 0.669. The van der Waals surface area contributed by atoms with Gasteiger partial charge in [-0.3, -0.25) is 9.48 Å². The van der Waals surface area contributed by atoms with Crippen molar-refractivity contribution in [2.75, 3.05) is 6.54 Å². The van der Waals surface area contributed by atoms with Gasteiger partial charge in [0.1, 0.15) is 5.82 Å². The van der Waals surface area contributed by atoms with Crippen LogP contribution in [0.1, 0.15) is 47.8 Å². The number of carbonyl (C=O) groups is 1. The fourth-order valence-corrected chi connectivity index (χ4v) is 3.48. The highest BCUT2D eigenvalue weighted by Gasteiger charge is 2.31. The lowest BCUT2D eigenvalue weighted by atomic mass is 10.1. The Morgan fingerprint density at radius 3 is 2.65 bits per heavy atom. The number of hydrogen-bond acceptors (Lipinski definition) is 2. The first-order valence-corrected chi connectivity index (χ1v) is 8.19. The molecule has 0 bridgehead atoms. The molecule has 2 heterocycles. The molecule has 0 N–H and O–H groups in total. The molecule has 4 nitrogen and oxygen atoms in total. The summed E-state index contributed by atoms with van der Waals surface area (Å²) in [6, 6.07) is 5.60. The highest BCUT2D eigenvalue weighted by Crippen LogP contribution is 2.34. The number of aryl methyl sites for hydroxylation is 1. The molecular formula is C17H19ClFN3O. The van der Waals surface area contributed by atoms with Crippen molar-refractivity contribution in [3.63, 3.8) is 0 Å². The van der Waals surface area contributed by atoms with Gasteiger partial charge >= 0.3 is 0 Å². The first-order chi connectivity index (χ1) is 11.1. The van der Waals surface area contributed by atoms with Gasteiger partial charge in [-0.2, -0.15) is 5.10 Å². The monoisotopic (exact) mass is 335 g/mol. The summed E-state index contributed by atoms with van der Waals surface area (Å²) < 4.78 is 14.8. The van der Waals surface area contributed by atoms with E-state index in [0.29, 0.717) is 17.1 Å². The maximum Gasteiger partial charge on any atom is 0.254 e. The van der Waals surface area contributed by atoms with Crippen molar-refractivity contribution in [3.8, 4) is 0 Å². The van der Waals surface area contributed by atoms with Crippen LogP contribution in [-0.4, -0.2) is 27.1 Å². The summed E-state index contributed by atoms with van der Waals surface area (Å²) in [6.07, 6.45) is 5.55. The van der Waals surface area contributed by atoms with Crippen LogP contribution in [0.15, 0.2) is 30.5 Å². The number of likely N-dealkylation sites (tertiary alicyclic amines) is 1. The molecule has 1 fully saturated rings. The van der Waals surface area contributed by atoms with Gasteiger partial charge in [-0.25, -0.2) is 4.39 Å². The molecule has 3 rings (SSSR count). The van der Waals surface area contributed by atoms with E-state index in [1.165, 1.54) is 24.3 Å². The maximum absolute atomic E-state index is 13.1. The quantitative estimate of drug-likeness (QED) is 0.832. The maximum atomic E-state index is 13.1. The summed E-state index contributed by atoms with van der Waals surface area (Å²) in [4.78, 5) is 14.8. The summed E-state index contributed by atoms with van der Waals surface area (Å²) >= 11 is 6.30. The Labute approximate surface area is 139 Å². The van der Waals surface area contributed by atoms with Gasteiger partial charge in [0.15, 0.2) is 0 Å². The molecule has 0 spiro atoms. The van der Waals surface area contributed by atoms with E-state index in [1.807, 2.05) is 11.9 Å². The van der Waals surface area contributed by atoms with Crippen molar-refractivity contribution in [1.82, 2.24) is 14.7 Å². The first kappa shape index (κ1) is 16.0. The molecule has 1 aromatic heterocycles. The largest absolute Gasteiger partial charge is 0.330 e. The highest BCUT2D eigenvalue weighted by molar-refractivity contribution is 6.31. The summed E-state index contributed by atoms with van der Waals surface area (Å²) in [7, 11) is 1.84. The predicted octanol–water partition coefficient (Wildman–Crippen LogP) is 3.97. The van der Waals surface area contributed by atoms with Crippen LogP contribution in [0.2, 0.25) is 5.02 Å². The number of halogens is 2. The van der Waals surface area contributed by atoms with E-state index in [0.717, 1.165) is 31.4 Å². The van der Waals surface area contributed by atoms with Crippen molar-refractivity contribution in [1.29, 1.82) is 0 Å². The van der Waals surface area contributed by atoms with Gasteiger partial charge in [-0.15, -0.1) is 0 Å². The third kappa shape index (κ3) is 3.24. The lowest BCUT2D eigenvalue weighted by Gasteiger charge is -2.30. The van der Waals surface area contributed by atoms with Gasteiger partial charge in [0.05, 0.1) is 23.0 Å². The Morgan fingerprint density at radius 1 is 1.26 bits per heavy atom. The molecule has 1 aliphatic rings. The normalized spacial score (nSPS) is 18.7. The zero-order valence-corrected chi connectivity index (χ0v) is 13.8. The number of aromatic nitrogens is 2. The van der Waals surface area contributed by atoms with Gasteiger partial charge in [0.25, 0.3) is 5.91 Å². The van der Waals surface area contributed by atoms with Crippen molar-refractivity contribution >= 4 is 17.5 Å². The Hall–Kier alpha value is -1.88.